The van der Waals surface area contributed by atoms with E-state index in [1.807, 2.05) is 11.8 Å². The molecule has 94 valence electrons. The molecule has 0 bridgehead atoms. The number of thioether (sulfide) groups is 1. The van der Waals surface area contributed by atoms with Crippen molar-refractivity contribution >= 4 is 17.7 Å². The van der Waals surface area contributed by atoms with Gasteiger partial charge in [0.25, 0.3) is 0 Å². The number of guanidine groups is 1. The standard InChI is InChI=1S/C11H24N4S/c1-9(8-16-2)13-11(15-12)14-10-6-4-3-5-7-10/h9-10H,3-8,12H2,1-2H3,(H2,13,14,15). The Balaban J connectivity index is 2.41. The Bertz CT molecular complexity index is 214. The third-order valence-electron chi connectivity index (χ3n) is 2.82. The Hall–Kier alpha value is -0.420. The largest absolute Gasteiger partial charge is 0.352 e. The van der Waals surface area contributed by atoms with Gasteiger partial charge in [-0.25, -0.2) is 10.8 Å². The summed E-state index contributed by atoms with van der Waals surface area (Å²) in [6.07, 6.45) is 8.45. The number of hydrazine groups is 1. The first kappa shape index (κ1) is 13.6. The van der Waals surface area contributed by atoms with Crippen LogP contribution < -0.4 is 16.6 Å². The lowest BCUT2D eigenvalue weighted by Crippen LogP contribution is -2.47. The second-order valence-corrected chi connectivity index (χ2v) is 5.33. The van der Waals surface area contributed by atoms with Gasteiger partial charge in [0.05, 0.1) is 6.04 Å². The summed E-state index contributed by atoms with van der Waals surface area (Å²) in [5.41, 5.74) is 2.67. The maximum Gasteiger partial charge on any atom is 0.206 e. The molecule has 4 N–H and O–H groups in total. The average molecular weight is 244 g/mol. The van der Waals surface area contributed by atoms with E-state index in [2.05, 4.69) is 28.9 Å². The zero-order valence-electron chi connectivity index (χ0n) is 10.3. The van der Waals surface area contributed by atoms with Gasteiger partial charge in [0.15, 0.2) is 0 Å². The summed E-state index contributed by atoms with van der Waals surface area (Å²) in [5.74, 6) is 7.29. The Morgan fingerprint density at radius 1 is 1.44 bits per heavy atom. The van der Waals surface area contributed by atoms with Gasteiger partial charge in [-0.15, -0.1) is 0 Å². The van der Waals surface area contributed by atoms with E-state index in [0.29, 0.717) is 12.1 Å². The van der Waals surface area contributed by atoms with Crippen molar-refractivity contribution in [2.24, 2.45) is 10.8 Å². The van der Waals surface area contributed by atoms with E-state index in [-0.39, 0.29) is 0 Å². The van der Waals surface area contributed by atoms with Crippen LogP contribution in [0.15, 0.2) is 4.99 Å². The Morgan fingerprint density at radius 2 is 2.12 bits per heavy atom. The molecule has 1 atom stereocenters. The fraction of sp³-hybridized carbons (Fsp3) is 0.909. The van der Waals surface area contributed by atoms with Gasteiger partial charge in [0.1, 0.15) is 0 Å². The van der Waals surface area contributed by atoms with E-state index in [0.717, 1.165) is 11.7 Å². The second-order valence-electron chi connectivity index (χ2n) is 4.41. The van der Waals surface area contributed by atoms with Gasteiger partial charge in [0, 0.05) is 11.8 Å². The van der Waals surface area contributed by atoms with Gasteiger partial charge in [-0.05, 0) is 26.0 Å². The summed E-state index contributed by atoms with van der Waals surface area (Å²) >= 11 is 1.82. The van der Waals surface area contributed by atoms with Gasteiger partial charge >= 0.3 is 0 Å². The van der Waals surface area contributed by atoms with Gasteiger partial charge in [-0.3, -0.25) is 5.43 Å². The number of hydrogen-bond acceptors (Lipinski definition) is 3. The van der Waals surface area contributed by atoms with Crippen LogP contribution >= 0.6 is 11.8 Å². The minimum absolute atomic E-state index is 0.397. The van der Waals surface area contributed by atoms with Crippen LogP contribution in [0.2, 0.25) is 0 Å². The van der Waals surface area contributed by atoms with E-state index in [1.54, 1.807) is 0 Å². The van der Waals surface area contributed by atoms with Gasteiger partial charge < -0.3 is 5.32 Å². The summed E-state index contributed by atoms with van der Waals surface area (Å²) in [5, 5.41) is 3.31. The molecule has 0 aromatic rings. The summed E-state index contributed by atoms with van der Waals surface area (Å²) in [4.78, 5) is 4.64. The summed E-state index contributed by atoms with van der Waals surface area (Å²) in [6, 6.07) is 0.849. The smallest absolute Gasteiger partial charge is 0.206 e. The van der Waals surface area contributed by atoms with E-state index >= 15 is 0 Å². The van der Waals surface area contributed by atoms with Gasteiger partial charge in [-0.2, -0.15) is 11.8 Å². The van der Waals surface area contributed by atoms with Crippen LogP contribution in [0.4, 0.5) is 0 Å². The first-order chi connectivity index (χ1) is 7.76. The molecule has 0 aromatic carbocycles. The molecule has 0 heterocycles. The topological polar surface area (TPSA) is 62.4 Å². The van der Waals surface area contributed by atoms with Crippen LogP contribution in [-0.2, 0) is 0 Å². The summed E-state index contributed by atoms with van der Waals surface area (Å²) in [6.45, 7) is 2.14. The molecule has 0 aromatic heterocycles. The zero-order valence-corrected chi connectivity index (χ0v) is 11.1. The van der Waals surface area contributed by atoms with Crippen LogP contribution in [0.1, 0.15) is 39.0 Å². The molecule has 0 radical (unpaired) electrons. The van der Waals surface area contributed by atoms with Crippen molar-refractivity contribution < 1.29 is 0 Å². The van der Waals surface area contributed by atoms with Gasteiger partial charge in [0.2, 0.25) is 5.96 Å². The van der Waals surface area contributed by atoms with Crippen molar-refractivity contribution in [2.45, 2.75) is 51.1 Å². The second kappa shape index (κ2) is 7.79. The lowest BCUT2D eigenvalue weighted by atomic mass is 9.96. The van der Waals surface area contributed by atoms with Crippen LogP contribution in [0.3, 0.4) is 0 Å². The molecule has 0 saturated heterocycles. The predicted octanol–water partition coefficient (Wildman–Crippen LogP) is 1.48. The molecule has 16 heavy (non-hydrogen) atoms. The number of nitrogens with one attached hydrogen (secondary N) is 2. The molecule has 0 amide bonds. The minimum atomic E-state index is 0.397. The van der Waals surface area contributed by atoms with E-state index in [9.17, 15) is 0 Å². The molecule has 1 saturated carbocycles. The first-order valence-corrected chi connectivity index (χ1v) is 7.45. The third kappa shape index (κ3) is 5.07. The molecule has 0 aliphatic heterocycles. The van der Waals surface area contributed by atoms with Crippen LogP contribution in [0, 0.1) is 0 Å². The summed E-state index contributed by atoms with van der Waals surface area (Å²) in [7, 11) is 0. The first-order valence-electron chi connectivity index (χ1n) is 6.06. The summed E-state index contributed by atoms with van der Waals surface area (Å²) < 4.78 is 0. The predicted molar refractivity (Wildman–Crippen MR) is 72.6 cm³/mol. The highest BCUT2D eigenvalue weighted by molar-refractivity contribution is 7.98. The fourth-order valence-corrected chi connectivity index (χ4v) is 2.62. The van der Waals surface area contributed by atoms with E-state index < -0.39 is 0 Å². The Kier molecular flexibility index (Phi) is 6.64. The highest BCUT2D eigenvalue weighted by atomic mass is 32.2. The van der Waals surface area contributed by atoms with Crippen molar-refractivity contribution in [3.63, 3.8) is 0 Å². The molecular formula is C11H24N4S. The highest BCUT2D eigenvalue weighted by Gasteiger charge is 2.13. The molecule has 1 aliphatic carbocycles. The number of hydrogen-bond donors (Lipinski definition) is 3. The number of nitrogens with two attached hydrogens (primary N) is 1. The monoisotopic (exact) mass is 244 g/mol. The number of aliphatic imine (C=N–C) groups is 1. The Labute approximate surface area is 103 Å². The highest BCUT2D eigenvalue weighted by Crippen LogP contribution is 2.20. The quantitative estimate of drug-likeness (QED) is 0.303. The zero-order chi connectivity index (χ0) is 11.8. The Morgan fingerprint density at radius 3 is 2.69 bits per heavy atom. The maximum absolute atomic E-state index is 5.48. The average Bonchev–Trinajstić information content (AvgIpc) is 2.30. The van der Waals surface area contributed by atoms with Crippen LogP contribution in [0.5, 0.6) is 0 Å². The maximum atomic E-state index is 5.48. The van der Waals surface area contributed by atoms with Crippen molar-refractivity contribution in [1.29, 1.82) is 0 Å². The molecule has 0 spiro atoms. The van der Waals surface area contributed by atoms with Gasteiger partial charge in [-0.1, -0.05) is 19.3 Å². The minimum Gasteiger partial charge on any atom is -0.352 e. The van der Waals surface area contributed by atoms with Crippen molar-refractivity contribution in [3.8, 4) is 0 Å². The van der Waals surface area contributed by atoms with E-state index in [1.165, 1.54) is 32.1 Å². The normalized spacial score (nSPS) is 20.6. The third-order valence-corrected chi connectivity index (χ3v) is 3.66. The number of nitrogens with zero attached hydrogens (tertiary/aromatic N) is 1. The van der Waals surface area contributed by atoms with Crippen molar-refractivity contribution in [3.05, 3.63) is 0 Å². The van der Waals surface area contributed by atoms with E-state index in [4.69, 9.17) is 5.84 Å². The molecule has 1 rings (SSSR count). The number of rotatable bonds is 4. The van der Waals surface area contributed by atoms with Crippen LogP contribution in [-0.4, -0.2) is 30.1 Å². The van der Waals surface area contributed by atoms with Crippen molar-refractivity contribution in [2.75, 3.05) is 12.0 Å². The molecule has 1 aliphatic rings. The molecule has 1 unspecified atom stereocenters. The van der Waals surface area contributed by atoms with Crippen LogP contribution in [0.25, 0.3) is 0 Å². The molecule has 1 fully saturated rings. The molecule has 5 heteroatoms. The van der Waals surface area contributed by atoms with Crippen molar-refractivity contribution in [1.82, 2.24) is 10.7 Å². The molecular weight excluding hydrogens is 220 g/mol. The SMILES string of the molecule is CSCC(C)NC(=NC1CCCCC1)NN. The lowest BCUT2D eigenvalue weighted by Gasteiger charge is -2.21. The lowest BCUT2D eigenvalue weighted by molar-refractivity contribution is 0.440. The fourth-order valence-electron chi connectivity index (χ4n) is 2.03. The molecule has 4 nitrogen and oxygen atoms in total.